The standard InChI is InChI=1S/C30H32ClN3O3/c1-4-36-27-13-8-7-12-26(27)34-19-22(18-28(34)35)30-32-24-10-5-6-11-25(24)33(30)14-9-15-37-23-16-20(2)29(31)21(3)17-23/h5-8,10-13,16-17,22H,4,9,14-15,18-19H2,1-3H3. The van der Waals surface area contributed by atoms with Crippen molar-refractivity contribution in [2.75, 3.05) is 24.7 Å². The van der Waals surface area contributed by atoms with Gasteiger partial charge in [0.1, 0.15) is 17.3 Å². The number of ether oxygens (including phenoxy) is 2. The van der Waals surface area contributed by atoms with E-state index in [1.54, 1.807) is 0 Å². The van der Waals surface area contributed by atoms with Crippen LogP contribution in [0.25, 0.3) is 11.0 Å². The summed E-state index contributed by atoms with van der Waals surface area (Å²) in [6, 6.07) is 19.9. The maximum atomic E-state index is 13.1. The number of rotatable bonds is 9. The number of amides is 1. The SMILES string of the molecule is CCOc1ccccc1N1CC(c2nc3ccccc3n2CCCOc2cc(C)c(Cl)c(C)c2)CC1=O. The zero-order chi connectivity index (χ0) is 25.9. The molecule has 1 unspecified atom stereocenters. The minimum absolute atomic E-state index is 0.00272. The van der Waals surface area contributed by atoms with Crippen LogP contribution >= 0.6 is 11.6 Å². The first kappa shape index (κ1) is 25.2. The third-order valence-electron chi connectivity index (χ3n) is 6.83. The van der Waals surface area contributed by atoms with Gasteiger partial charge in [0.2, 0.25) is 5.91 Å². The highest BCUT2D eigenvalue weighted by atomic mass is 35.5. The molecule has 4 aromatic rings. The molecule has 0 saturated carbocycles. The van der Waals surface area contributed by atoms with Gasteiger partial charge in [0, 0.05) is 30.5 Å². The maximum absolute atomic E-state index is 13.1. The maximum Gasteiger partial charge on any atom is 0.227 e. The summed E-state index contributed by atoms with van der Waals surface area (Å²) >= 11 is 6.30. The van der Waals surface area contributed by atoms with Gasteiger partial charge in [-0.2, -0.15) is 0 Å². The van der Waals surface area contributed by atoms with E-state index in [9.17, 15) is 4.79 Å². The summed E-state index contributed by atoms with van der Waals surface area (Å²) < 4.78 is 14.1. The van der Waals surface area contributed by atoms with Gasteiger partial charge >= 0.3 is 0 Å². The second kappa shape index (κ2) is 10.9. The first-order valence-electron chi connectivity index (χ1n) is 12.8. The largest absolute Gasteiger partial charge is 0.494 e. The van der Waals surface area contributed by atoms with Crippen molar-refractivity contribution in [1.29, 1.82) is 0 Å². The minimum Gasteiger partial charge on any atom is -0.494 e. The van der Waals surface area contributed by atoms with Crippen LogP contribution in [0.15, 0.2) is 60.7 Å². The molecular weight excluding hydrogens is 486 g/mol. The Bertz CT molecular complexity index is 1410. The van der Waals surface area contributed by atoms with Crippen LogP contribution in [-0.2, 0) is 11.3 Å². The van der Waals surface area contributed by atoms with Crippen LogP contribution in [0.3, 0.4) is 0 Å². The average molecular weight is 518 g/mol. The number of para-hydroxylation sites is 4. The molecule has 1 saturated heterocycles. The summed E-state index contributed by atoms with van der Waals surface area (Å²) in [7, 11) is 0. The van der Waals surface area contributed by atoms with Crippen LogP contribution in [-0.4, -0.2) is 35.2 Å². The molecule has 0 aliphatic carbocycles. The molecule has 0 bridgehead atoms. The Hall–Kier alpha value is -3.51. The van der Waals surface area contributed by atoms with E-state index in [1.165, 1.54) is 0 Å². The van der Waals surface area contributed by atoms with E-state index in [-0.39, 0.29) is 11.8 Å². The lowest BCUT2D eigenvalue weighted by atomic mass is 10.1. The first-order valence-corrected chi connectivity index (χ1v) is 13.2. The Kier molecular flexibility index (Phi) is 7.38. The Labute approximate surface area is 222 Å². The molecule has 0 spiro atoms. The Morgan fingerprint density at radius 1 is 1.03 bits per heavy atom. The highest BCUT2D eigenvalue weighted by molar-refractivity contribution is 6.32. The van der Waals surface area contributed by atoms with Gasteiger partial charge < -0.3 is 18.9 Å². The predicted octanol–water partition coefficient (Wildman–Crippen LogP) is 6.69. The van der Waals surface area contributed by atoms with Gasteiger partial charge in [0.05, 0.1) is 29.9 Å². The zero-order valence-corrected chi connectivity index (χ0v) is 22.3. The molecule has 1 aliphatic heterocycles. The average Bonchev–Trinajstić information content (AvgIpc) is 3.46. The Balaban J connectivity index is 1.35. The van der Waals surface area contributed by atoms with Crippen LogP contribution in [0.5, 0.6) is 11.5 Å². The number of imidazole rings is 1. The van der Waals surface area contributed by atoms with Gasteiger partial charge in [-0.1, -0.05) is 35.9 Å². The molecule has 192 valence electrons. The molecule has 1 aromatic heterocycles. The van der Waals surface area contributed by atoms with E-state index in [2.05, 4.69) is 10.6 Å². The number of aromatic nitrogens is 2. The number of halogens is 1. The Morgan fingerprint density at radius 2 is 1.76 bits per heavy atom. The number of carbonyl (C=O) groups excluding carboxylic acids is 1. The quantitative estimate of drug-likeness (QED) is 0.232. The van der Waals surface area contributed by atoms with Crippen molar-refractivity contribution >= 4 is 34.2 Å². The molecule has 1 atom stereocenters. The van der Waals surface area contributed by atoms with E-state index >= 15 is 0 Å². The number of hydrogen-bond acceptors (Lipinski definition) is 4. The number of carbonyl (C=O) groups is 1. The third-order valence-corrected chi connectivity index (χ3v) is 7.43. The summed E-state index contributed by atoms with van der Waals surface area (Å²) in [6.45, 7) is 8.38. The second-order valence-electron chi connectivity index (χ2n) is 9.49. The molecule has 1 aliphatic rings. The molecule has 7 heteroatoms. The van der Waals surface area contributed by atoms with Crippen molar-refractivity contribution < 1.29 is 14.3 Å². The molecule has 0 N–H and O–H groups in total. The predicted molar refractivity (Wildman–Crippen MR) is 148 cm³/mol. The van der Waals surface area contributed by atoms with Gasteiger partial charge in [0.15, 0.2) is 0 Å². The van der Waals surface area contributed by atoms with Crippen molar-refractivity contribution in [1.82, 2.24) is 9.55 Å². The van der Waals surface area contributed by atoms with Gasteiger partial charge in [-0.15, -0.1) is 0 Å². The van der Waals surface area contributed by atoms with Crippen molar-refractivity contribution in [2.45, 2.75) is 46.1 Å². The molecule has 5 rings (SSSR count). The third kappa shape index (κ3) is 5.16. The highest BCUT2D eigenvalue weighted by Gasteiger charge is 2.36. The van der Waals surface area contributed by atoms with Crippen LogP contribution in [0, 0.1) is 13.8 Å². The topological polar surface area (TPSA) is 56.6 Å². The smallest absolute Gasteiger partial charge is 0.227 e. The van der Waals surface area contributed by atoms with Crippen LogP contribution < -0.4 is 14.4 Å². The van der Waals surface area contributed by atoms with E-state index in [0.29, 0.717) is 26.2 Å². The summed E-state index contributed by atoms with van der Waals surface area (Å²) in [4.78, 5) is 20.0. The van der Waals surface area contributed by atoms with E-state index in [4.69, 9.17) is 26.1 Å². The van der Waals surface area contributed by atoms with Crippen molar-refractivity contribution in [2.24, 2.45) is 0 Å². The fourth-order valence-corrected chi connectivity index (χ4v) is 5.22. The monoisotopic (exact) mass is 517 g/mol. The number of aryl methyl sites for hydroxylation is 3. The number of anilines is 1. The van der Waals surface area contributed by atoms with Crippen molar-refractivity contribution in [3.05, 3.63) is 82.6 Å². The molecule has 3 aromatic carbocycles. The fraction of sp³-hybridized carbons (Fsp3) is 0.333. The van der Waals surface area contributed by atoms with Crippen molar-refractivity contribution in [3.8, 4) is 11.5 Å². The van der Waals surface area contributed by atoms with Gasteiger partial charge in [-0.05, 0) is 74.7 Å². The molecule has 6 nitrogen and oxygen atoms in total. The van der Waals surface area contributed by atoms with Crippen molar-refractivity contribution in [3.63, 3.8) is 0 Å². The van der Waals surface area contributed by atoms with E-state index in [1.807, 2.05) is 80.3 Å². The van der Waals surface area contributed by atoms with Crippen LogP contribution in [0.2, 0.25) is 5.02 Å². The second-order valence-corrected chi connectivity index (χ2v) is 9.87. The van der Waals surface area contributed by atoms with Gasteiger partial charge in [-0.3, -0.25) is 4.79 Å². The number of fused-ring (bicyclic) bond motifs is 1. The normalized spacial score (nSPS) is 15.5. The van der Waals surface area contributed by atoms with E-state index < -0.39 is 0 Å². The molecule has 0 radical (unpaired) electrons. The van der Waals surface area contributed by atoms with E-state index in [0.717, 1.165) is 63.2 Å². The fourth-order valence-electron chi connectivity index (χ4n) is 5.11. The first-order chi connectivity index (χ1) is 18.0. The molecule has 37 heavy (non-hydrogen) atoms. The number of nitrogens with zero attached hydrogens (tertiary/aromatic N) is 3. The lowest BCUT2D eigenvalue weighted by Crippen LogP contribution is -2.25. The molecule has 1 fully saturated rings. The summed E-state index contributed by atoms with van der Waals surface area (Å²) in [5.41, 5.74) is 4.88. The number of hydrogen-bond donors (Lipinski definition) is 0. The molecular formula is C30H32ClN3O3. The minimum atomic E-state index is -0.00272. The number of benzene rings is 3. The van der Waals surface area contributed by atoms with Crippen LogP contribution in [0.1, 0.15) is 42.6 Å². The summed E-state index contributed by atoms with van der Waals surface area (Å²) in [6.07, 6.45) is 1.23. The van der Waals surface area contributed by atoms with Crippen LogP contribution in [0.4, 0.5) is 5.69 Å². The lowest BCUT2D eigenvalue weighted by molar-refractivity contribution is -0.117. The van der Waals surface area contributed by atoms with Gasteiger partial charge in [0.25, 0.3) is 0 Å². The summed E-state index contributed by atoms with van der Waals surface area (Å²) in [5, 5.41) is 0.783. The Morgan fingerprint density at radius 3 is 2.54 bits per heavy atom. The molecule has 2 heterocycles. The highest BCUT2D eigenvalue weighted by Crippen LogP contribution is 2.37. The van der Waals surface area contributed by atoms with Gasteiger partial charge in [-0.25, -0.2) is 4.98 Å². The molecule has 1 amide bonds. The lowest BCUT2D eigenvalue weighted by Gasteiger charge is -2.20. The zero-order valence-electron chi connectivity index (χ0n) is 21.5. The summed E-state index contributed by atoms with van der Waals surface area (Å²) in [5.74, 6) is 2.60.